The van der Waals surface area contributed by atoms with Crippen LogP contribution in [0.2, 0.25) is 0 Å². The number of rotatable bonds is 6. The number of carbonyl (C=O) groups excluding carboxylic acids is 1. The first-order chi connectivity index (χ1) is 13.3. The van der Waals surface area contributed by atoms with Crippen molar-refractivity contribution in [3.63, 3.8) is 0 Å². The largest absolute Gasteiger partial charge is 0.479 e. The summed E-state index contributed by atoms with van der Waals surface area (Å²) in [6.07, 6.45) is 6.60. The number of nitriles is 1. The molecule has 2 rings (SSSR count). The number of nitro benzene ring substituents is 1. The van der Waals surface area contributed by atoms with Crippen LogP contribution in [0.4, 0.5) is 11.4 Å². The highest BCUT2D eigenvalue weighted by Crippen LogP contribution is 2.32. The number of nitrogens with zero attached hydrogens (tertiary/aromatic N) is 2. The fraction of sp³-hybridized carbons (Fsp3) is 0.0526. The molecule has 0 aliphatic rings. The summed E-state index contributed by atoms with van der Waals surface area (Å²) in [5.41, 5.74) is 0.483. The molecule has 0 aliphatic heterocycles. The molecule has 7 nitrogen and oxygen atoms in total. The summed E-state index contributed by atoms with van der Waals surface area (Å²) in [6, 6.07) is 10.7. The van der Waals surface area contributed by atoms with Gasteiger partial charge in [-0.25, -0.2) is 0 Å². The number of anilines is 1. The van der Waals surface area contributed by atoms with Crippen molar-refractivity contribution in [1.82, 2.24) is 0 Å². The van der Waals surface area contributed by atoms with Gasteiger partial charge in [-0.1, -0.05) is 12.0 Å². The molecule has 1 amide bonds. The molecule has 0 heterocycles. The number of non-ortho nitro benzene ring substituents is 1. The number of hydrogen-bond acceptors (Lipinski definition) is 5. The second kappa shape index (κ2) is 9.88. The fourth-order valence-electron chi connectivity index (χ4n) is 2.13. The number of carbonyl (C=O) groups is 1. The summed E-state index contributed by atoms with van der Waals surface area (Å²) in [6.45, 7) is 0.110. The third-order valence-electron chi connectivity index (χ3n) is 3.31. The molecule has 0 bridgehead atoms. The van der Waals surface area contributed by atoms with E-state index in [0.717, 1.165) is 3.57 Å². The van der Waals surface area contributed by atoms with Crippen LogP contribution in [-0.4, -0.2) is 17.4 Å². The van der Waals surface area contributed by atoms with Crippen molar-refractivity contribution in [2.45, 2.75) is 0 Å². The highest BCUT2D eigenvalue weighted by molar-refractivity contribution is 14.1. The smallest absolute Gasteiger partial charge is 0.271 e. The van der Waals surface area contributed by atoms with E-state index in [1.165, 1.54) is 30.3 Å². The average molecular weight is 552 g/mol. The Morgan fingerprint density at radius 2 is 2.18 bits per heavy atom. The molecule has 140 valence electrons. The monoisotopic (exact) mass is 551 g/mol. The summed E-state index contributed by atoms with van der Waals surface area (Å²) in [7, 11) is 0. The Morgan fingerprint density at radius 1 is 1.43 bits per heavy atom. The predicted molar refractivity (Wildman–Crippen MR) is 117 cm³/mol. The predicted octanol–water partition coefficient (Wildman–Crippen LogP) is 4.52. The van der Waals surface area contributed by atoms with E-state index in [0.29, 0.717) is 15.8 Å². The second-order valence-corrected chi connectivity index (χ2v) is 7.25. The molecule has 28 heavy (non-hydrogen) atoms. The van der Waals surface area contributed by atoms with E-state index >= 15 is 0 Å². The summed E-state index contributed by atoms with van der Waals surface area (Å²) >= 11 is 5.43. The van der Waals surface area contributed by atoms with Gasteiger partial charge in [0.2, 0.25) is 0 Å². The Morgan fingerprint density at radius 3 is 2.79 bits per heavy atom. The first kappa shape index (κ1) is 21.4. The lowest BCUT2D eigenvalue weighted by Gasteiger charge is -2.09. The van der Waals surface area contributed by atoms with Crippen LogP contribution < -0.4 is 10.1 Å². The maximum Gasteiger partial charge on any atom is 0.271 e. The number of terminal acetylenes is 1. The molecule has 0 atom stereocenters. The van der Waals surface area contributed by atoms with Gasteiger partial charge in [0.15, 0.2) is 0 Å². The van der Waals surface area contributed by atoms with Crippen LogP contribution >= 0.6 is 38.5 Å². The number of hydrogen-bond donors (Lipinski definition) is 1. The normalized spacial score (nSPS) is 10.5. The maximum absolute atomic E-state index is 12.4. The highest BCUT2D eigenvalue weighted by Gasteiger charge is 2.14. The lowest BCUT2D eigenvalue weighted by atomic mass is 10.1. The van der Waals surface area contributed by atoms with Gasteiger partial charge < -0.3 is 10.1 Å². The molecule has 0 aromatic heterocycles. The van der Waals surface area contributed by atoms with Gasteiger partial charge in [-0.2, -0.15) is 5.26 Å². The van der Waals surface area contributed by atoms with Crippen molar-refractivity contribution < 1.29 is 14.5 Å². The van der Waals surface area contributed by atoms with Crippen molar-refractivity contribution in [1.29, 1.82) is 5.26 Å². The van der Waals surface area contributed by atoms with Crippen LogP contribution in [0.5, 0.6) is 5.75 Å². The maximum atomic E-state index is 12.4. The Kier molecular flexibility index (Phi) is 7.55. The number of halogens is 2. The Bertz CT molecular complexity index is 1030. The van der Waals surface area contributed by atoms with Crippen LogP contribution in [0.3, 0.4) is 0 Å². The summed E-state index contributed by atoms with van der Waals surface area (Å²) in [5.74, 6) is 2.27. The van der Waals surface area contributed by atoms with Crippen LogP contribution in [-0.2, 0) is 4.79 Å². The fourth-order valence-corrected chi connectivity index (χ4v) is 3.89. The van der Waals surface area contributed by atoms with E-state index in [1.54, 1.807) is 12.1 Å². The zero-order valence-electron chi connectivity index (χ0n) is 14.1. The molecule has 9 heteroatoms. The molecule has 0 aliphatic carbocycles. The number of nitrogens with one attached hydrogen (secondary N) is 1. The van der Waals surface area contributed by atoms with E-state index in [-0.39, 0.29) is 23.6 Å². The second-order valence-electron chi connectivity index (χ2n) is 5.24. The summed E-state index contributed by atoms with van der Waals surface area (Å²) in [4.78, 5) is 22.6. The summed E-state index contributed by atoms with van der Waals surface area (Å²) < 4.78 is 6.81. The highest BCUT2D eigenvalue weighted by atomic mass is 127. The van der Waals surface area contributed by atoms with E-state index in [1.807, 2.05) is 6.07 Å². The van der Waals surface area contributed by atoms with Gasteiger partial charge in [-0.15, -0.1) is 6.42 Å². The number of nitro groups is 1. The van der Waals surface area contributed by atoms with Gasteiger partial charge in [0.25, 0.3) is 11.6 Å². The van der Waals surface area contributed by atoms with Crippen LogP contribution in [0.1, 0.15) is 5.56 Å². The third-order valence-corrected chi connectivity index (χ3v) is 4.70. The Labute approximate surface area is 182 Å². The molecule has 0 radical (unpaired) electrons. The molecule has 0 unspecified atom stereocenters. The van der Waals surface area contributed by atoms with Gasteiger partial charge in [0.1, 0.15) is 24.0 Å². The zero-order chi connectivity index (χ0) is 20.7. The lowest BCUT2D eigenvalue weighted by molar-refractivity contribution is -0.384. The molecule has 0 fully saturated rings. The van der Waals surface area contributed by atoms with Gasteiger partial charge in [0.05, 0.1) is 13.0 Å². The Balaban J connectivity index is 2.27. The average Bonchev–Trinajstić information content (AvgIpc) is 2.65. The summed E-state index contributed by atoms with van der Waals surface area (Å²) in [5, 5.41) is 22.7. The molecular weight excluding hydrogens is 541 g/mol. The number of ether oxygens (including phenoxy) is 1. The Hall–Kier alpha value is -2.89. The molecule has 0 spiro atoms. The zero-order valence-corrected chi connectivity index (χ0v) is 17.9. The van der Waals surface area contributed by atoms with Crippen molar-refractivity contribution in [3.8, 4) is 24.2 Å². The molecule has 0 saturated heterocycles. The van der Waals surface area contributed by atoms with Crippen molar-refractivity contribution >= 4 is 61.9 Å². The SMILES string of the molecule is C#CCOc1c(Br)cc(/C=C(\C#N)C(=O)Nc2cccc([N+](=O)[O-])c2)cc1I. The minimum Gasteiger partial charge on any atom is -0.479 e. The minimum atomic E-state index is -0.679. The van der Waals surface area contributed by atoms with Crippen molar-refractivity contribution in [2.75, 3.05) is 11.9 Å². The first-order valence-corrected chi connectivity index (χ1v) is 9.45. The molecular formula is C19H11BrIN3O4. The standard InChI is InChI=1S/C19H11BrIN3O4/c1-2-6-28-18-16(20)8-12(9-17(18)21)7-13(11-22)19(25)23-14-4-3-5-15(10-14)24(26)27/h1,3-5,7-10H,6H2,(H,23,25)/b13-7+. The van der Waals surface area contributed by atoms with Gasteiger partial charge in [-0.3, -0.25) is 14.9 Å². The minimum absolute atomic E-state index is 0.110. The number of benzene rings is 2. The molecule has 2 aromatic carbocycles. The van der Waals surface area contributed by atoms with Crippen molar-refractivity contribution in [2.24, 2.45) is 0 Å². The van der Waals surface area contributed by atoms with Crippen LogP contribution in [0.15, 0.2) is 46.4 Å². The van der Waals surface area contributed by atoms with Gasteiger partial charge in [-0.05, 0) is 68.4 Å². The first-order valence-electron chi connectivity index (χ1n) is 7.58. The van der Waals surface area contributed by atoms with Crippen LogP contribution in [0, 0.1) is 37.4 Å². The third kappa shape index (κ3) is 5.55. The lowest BCUT2D eigenvalue weighted by Crippen LogP contribution is -2.13. The van der Waals surface area contributed by atoms with E-state index in [2.05, 4.69) is 49.8 Å². The molecule has 1 N–H and O–H groups in total. The number of amides is 1. The molecule has 0 saturated carbocycles. The van der Waals surface area contributed by atoms with Crippen molar-refractivity contribution in [3.05, 3.63) is 65.7 Å². The van der Waals surface area contributed by atoms with Gasteiger partial charge in [0, 0.05) is 17.8 Å². The van der Waals surface area contributed by atoms with Gasteiger partial charge >= 0.3 is 0 Å². The van der Waals surface area contributed by atoms with E-state index in [9.17, 15) is 20.2 Å². The quantitative estimate of drug-likeness (QED) is 0.142. The topological polar surface area (TPSA) is 105 Å². The van der Waals surface area contributed by atoms with Crippen LogP contribution in [0.25, 0.3) is 6.08 Å². The van der Waals surface area contributed by atoms with E-state index in [4.69, 9.17) is 11.2 Å². The van der Waals surface area contributed by atoms with E-state index < -0.39 is 10.8 Å². The molecule has 2 aromatic rings.